The second-order valence-electron chi connectivity index (χ2n) is 17.6. The number of amides is 4. The number of carbonyl (C=O) groups is 4. The average molecular weight is 659 g/mol. The second-order valence-corrected chi connectivity index (χ2v) is 17.6. The highest BCUT2D eigenvalue weighted by Crippen LogP contribution is 2.72. The van der Waals surface area contributed by atoms with E-state index in [4.69, 9.17) is 0 Å². The van der Waals surface area contributed by atoms with Crippen LogP contribution in [-0.2, 0) is 19.2 Å². The number of rotatable bonds is 4. The fraction of sp³-hybridized carbons (Fsp3) is 0.561. The van der Waals surface area contributed by atoms with E-state index < -0.39 is 22.7 Å². The summed E-state index contributed by atoms with van der Waals surface area (Å²) in [5.41, 5.74) is -0.315. The minimum Gasteiger partial charge on any atom is -0.273 e. The summed E-state index contributed by atoms with van der Waals surface area (Å²) in [7, 11) is 0. The third kappa shape index (κ3) is 3.24. The maximum absolute atomic E-state index is 15.4. The van der Waals surface area contributed by atoms with Crippen molar-refractivity contribution in [2.24, 2.45) is 57.2 Å². The van der Waals surface area contributed by atoms with Gasteiger partial charge in [0.15, 0.2) is 0 Å². The maximum atomic E-state index is 15.4. The molecule has 7 fully saturated rings. The van der Waals surface area contributed by atoms with Crippen molar-refractivity contribution >= 4 is 35.0 Å². The maximum Gasteiger partial charge on any atom is 0.254 e. The molecule has 2 heterocycles. The van der Waals surface area contributed by atoms with Crippen molar-refractivity contribution in [3.8, 4) is 0 Å². The number of fused-ring (bicyclic) bond motifs is 4. The first-order chi connectivity index (χ1) is 23.5. The first-order valence-corrected chi connectivity index (χ1v) is 18.6. The van der Waals surface area contributed by atoms with Crippen LogP contribution in [0.5, 0.6) is 0 Å². The molecular weight excluding hydrogens is 612 g/mol. The monoisotopic (exact) mass is 658 g/mol. The molecule has 8 aliphatic rings. The summed E-state index contributed by atoms with van der Waals surface area (Å²) in [4.78, 5) is 60.5. The van der Waals surface area contributed by atoms with Gasteiger partial charge in [0.2, 0.25) is 11.8 Å². The van der Waals surface area contributed by atoms with Gasteiger partial charge in [0.05, 0.1) is 46.1 Å². The molecule has 2 aliphatic heterocycles. The molecule has 254 valence electrons. The molecule has 0 unspecified atom stereocenters. The zero-order valence-electron chi connectivity index (χ0n) is 28.9. The van der Waals surface area contributed by atoms with Gasteiger partial charge in [0.1, 0.15) is 0 Å². The first-order valence-electron chi connectivity index (χ1n) is 18.6. The Morgan fingerprint density at radius 2 is 0.980 bits per heavy atom. The number of hydrazine groups is 2. The molecule has 8 heteroatoms. The van der Waals surface area contributed by atoms with Crippen molar-refractivity contribution in [2.75, 3.05) is 10.0 Å². The molecule has 6 bridgehead atoms. The molecule has 2 aromatic rings. The van der Waals surface area contributed by atoms with Crippen LogP contribution < -0.4 is 10.0 Å². The fourth-order valence-electron chi connectivity index (χ4n) is 13.3. The molecule has 8 nitrogen and oxygen atoms in total. The topological polar surface area (TPSA) is 81.2 Å². The summed E-state index contributed by atoms with van der Waals surface area (Å²) >= 11 is 0. The van der Waals surface area contributed by atoms with Crippen molar-refractivity contribution in [1.29, 1.82) is 0 Å². The Morgan fingerprint density at radius 1 is 0.592 bits per heavy atom. The first kappa shape index (κ1) is 29.9. The molecule has 4 amide bonds. The molecule has 2 aromatic carbocycles. The highest BCUT2D eigenvalue weighted by molar-refractivity contribution is 6.08. The lowest BCUT2D eigenvalue weighted by Gasteiger charge is -2.40. The van der Waals surface area contributed by atoms with Crippen molar-refractivity contribution < 1.29 is 19.2 Å². The van der Waals surface area contributed by atoms with Crippen molar-refractivity contribution in [3.63, 3.8) is 0 Å². The molecule has 6 aliphatic carbocycles. The van der Waals surface area contributed by atoms with Crippen LogP contribution in [-0.4, -0.2) is 45.7 Å². The van der Waals surface area contributed by atoms with Crippen LogP contribution in [0.3, 0.4) is 0 Å². The summed E-state index contributed by atoms with van der Waals surface area (Å²) in [5, 5.41) is 7.03. The molecule has 10 rings (SSSR count). The number of para-hydroxylation sites is 2. The molecule has 0 N–H and O–H groups in total. The fourth-order valence-corrected chi connectivity index (χ4v) is 13.3. The highest BCUT2D eigenvalue weighted by atomic mass is 16.2. The molecular formula is C41H46N4O4. The van der Waals surface area contributed by atoms with Gasteiger partial charge in [-0.2, -0.15) is 0 Å². The number of allylic oxidation sites excluding steroid dienone is 2. The summed E-state index contributed by atoms with van der Waals surface area (Å²) < 4.78 is 0. The van der Waals surface area contributed by atoms with E-state index in [1.54, 1.807) is 10.0 Å². The van der Waals surface area contributed by atoms with E-state index in [0.29, 0.717) is 23.2 Å². The van der Waals surface area contributed by atoms with Crippen LogP contribution >= 0.6 is 0 Å². The van der Waals surface area contributed by atoms with Crippen LogP contribution in [0.25, 0.3) is 0 Å². The second kappa shape index (κ2) is 9.43. The number of benzene rings is 2. The van der Waals surface area contributed by atoms with E-state index in [2.05, 4.69) is 39.8 Å². The number of hydrogen-bond acceptors (Lipinski definition) is 4. The summed E-state index contributed by atoms with van der Waals surface area (Å²) in [6.45, 7) is 8.89. The van der Waals surface area contributed by atoms with Crippen molar-refractivity contribution in [3.05, 3.63) is 72.8 Å². The van der Waals surface area contributed by atoms with Gasteiger partial charge < -0.3 is 0 Å². The zero-order valence-corrected chi connectivity index (χ0v) is 28.9. The Kier molecular flexibility index (Phi) is 5.76. The van der Waals surface area contributed by atoms with Gasteiger partial charge in [-0.05, 0) is 104 Å². The Labute approximate surface area is 288 Å². The predicted octanol–water partition coefficient (Wildman–Crippen LogP) is 6.40. The normalized spacial score (nSPS) is 41.4. The summed E-state index contributed by atoms with van der Waals surface area (Å²) in [5.74, 6) is -0.809. The van der Waals surface area contributed by atoms with E-state index in [9.17, 15) is 9.59 Å². The average Bonchev–Trinajstić information content (AvgIpc) is 3.97. The predicted molar refractivity (Wildman–Crippen MR) is 184 cm³/mol. The van der Waals surface area contributed by atoms with Gasteiger partial charge >= 0.3 is 0 Å². The minimum atomic E-state index is -0.636. The van der Waals surface area contributed by atoms with Gasteiger partial charge in [0, 0.05) is 0 Å². The van der Waals surface area contributed by atoms with E-state index in [1.807, 2.05) is 70.7 Å². The summed E-state index contributed by atoms with van der Waals surface area (Å²) in [6.07, 6.45) is 10.2. The van der Waals surface area contributed by atoms with Gasteiger partial charge in [-0.3, -0.25) is 19.2 Å². The molecule has 0 aromatic heterocycles. The van der Waals surface area contributed by atoms with E-state index >= 15 is 9.59 Å². The standard InChI is InChI=1S/C41H46N4O4/c1-38(2)26-17-19-40(38)30(22-26)44(42(36(40)48)28-11-7-5-8-12-28)34(46)32-24-15-16-25(21-24)33(32)35(47)45-31-23-27-18-20-41(31,39(27,3)4)37(49)43(45)29-13-9-6-10-14-29/h5-16,24-27,30-33H,17-23H2,1-4H3/t24-,25+,26-,27-,30-,31-,32+,33+,40+,41+/m1/s1. The Bertz CT molecular complexity index is 1710. The van der Waals surface area contributed by atoms with Crippen LogP contribution in [0, 0.1) is 57.2 Å². The third-order valence-electron chi connectivity index (χ3n) is 15.9. The van der Waals surface area contributed by atoms with Crippen molar-refractivity contribution in [2.45, 2.75) is 84.7 Å². The van der Waals surface area contributed by atoms with Gasteiger partial charge in [-0.15, -0.1) is 0 Å². The van der Waals surface area contributed by atoms with Gasteiger partial charge in [0.25, 0.3) is 11.8 Å². The smallest absolute Gasteiger partial charge is 0.254 e. The van der Waals surface area contributed by atoms with Crippen LogP contribution in [0.4, 0.5) is 11.4 Å². The largest absolute Gasteiger partial charge is 0.273 e. The van der Waals surface area contributed by atoms with Crippen molar-refractivity contribution in [1.82, 2.24) is 10.0 Å². The number of carbonyl (C=O) groups excluding carboxylic acids is 4. The lowest BCUT2D eigenvalue weighted by atomic mass is 9.67. The quantitative estimate of drug-likeness (QED) is 0.357. The van der Waals surface area contributed by atoms with Gasteiger partial charge in [-0.1, -0.05) is 76.2 Å². The lowest BCUT2D eigenvalue weighted by Crippen LogP contribution is -2.56. The van der Waals surface area contributed by atoms with Crippen LogP contribution in [0.2, 0.25) is 0 Å². The summed E-state index contributed by atoms with van der Waals surface area (Å²) in [6, 6.07) is 18.7. The highest BCUT2D eigenvalue weighted by Gasteiger charge is 2.78. The molecule has 49 heavy (non-hydrogen) atoms. The molecule has 10 atom stereocenters. The Balaban J connectivity index is 1.07. The molecule has 0 radical (unpaired) electrons. The number of hydrogen-bond donors (Lipinski definition) is 0. The number of anilines is 2. The van der Waals surface area contributed by atoms with Gasteiger partial charge in [-0.25, -0.2) is 20.0 Å². The third-order valence-corrected chi connectivity index (χ3v) is 15.9. The molecule has 2 saturated heterocycles. The Morgan fingerprint density at radius 3 is 1.35 bits per heavy atom. The van der Waals surface area contributed by atoms with E-state index in [1.165, 1.54) is 0 Å². The zero-order chi connectivity index (χ0) is 33.8. The van der Waals surface area contributed by atoms with E-state index in [0.717, 1.165) is 44.9 Å². The van der Waals surface area contributed by atoms with Crippen LogP contribution in [0.15, 0.2) is 72.8 Å². The molecule has 2 spiro atoms. The minimum absolute atomic E-state index is 0.0233. The number of nitrogens with zero attached hydrogens (tertiary/aromatic N) is 4. The SMILES string of the molecule is CC1(C)[C@@H]2CC[C@]13C(=O)N(c1ccccc1)N(C(=O)[C@@H]1[C@@H](C(=O)N4[C@@H]5C[C@H]6CC[C@]5(C(=O)N4c4ccccc4)C6(C)C)[C@H]4C=C[C@@H]1C4)[C@@H]3C2. The van der Waals surface area contributed by atoms with Crippen LogP contribution in [0.1, 0.15) is 72.6 Å². The molecule has 5 saturated carbocycles. The Hall–Kier alpha value is -3.94. The van der Waals surface area contributed by atoms with E-state index in [-0.39, 0.29) is 58.4 Å². The lowest BCUT2D eigenvalue weighted by molar-refractivity contribution is -0.150.